The van der Waals surface area contributed by atoms with Crippen molar-refractivity contribution in [3.63, 3.8) is 0 Å². The second-order valence-corrected chi connectivity index (χ2v) is 6.38. The van der Waals surface area contributed by atoms with E-state index in [2.05, 4.69) is 5.32 Å². The highest BCUT2D eigenvalue weighted by atomic mass is 16.5. The molecule has 2 amide bonds. The zero-order chi connectivity index (χ0) is 18.5. The SMILES string of the molecule is CCN1C(=O)CCc2cc(NC(=O)CCc3cccc(OC)c3)ccc21. The predicted molar refractivity (Wildman–Crippen MR) is 103 cm³/mol. The fourth-order valence-corrected chi connectivity index (χ4v) is 3.29. The van der Waals surface area contributed by atoms with E-state index in [9.17, 15) is 9.59 Å². The van der Waals surface area contributed by atoms with Crippen molar-refractivity contribution in [2.24, 2.45) is 0 Å². The lowest BCUT2D eigenvalue weighted by molar-refractivity contribution is -0.119. The highest BCUT2D eigenvalue weighted by molar-refractivity contribution is 5.97. The Morgan fingerprint density at radius 3 is 2.81 bits per heavy atom. The third-order valence-corrected chi connectivity index (χ3v) is 4.65. The molecule has 0 aromatic heterocycles. The number of hydrogen-bond donors (Lipinski definition) is 1. The van der Waals surface area contributed by atoms with Crippen molar-refractivity contribution in [3.05, 3.63) is 53.6 Å². The molecule has 0 radical (unpaired) electrons. The van der Waals surface area contributed by atoms with Crippen LogP contribution in [0.4, 0.5) is 11.4 Å². The second-order valence-electron chi connectivity index (χ2n) is 6.38. The highest BCUT2D eigenvalue weighted by Crippen LogP contribution is 2.30. The van der Waals surface area contributed by atoms with E-state index < -0.39 is 0 Å². The molecule has 1 heterocycles. The van der Waals surface area contributed by atoms with Gasteiger partial charge in [0.2, 0.25) is 11.8 Å². The average molecular weight is 352 g/mol. The maximum absolute atomic E-state index is 12.3. The van der Waals surface area contributed by atoms with E-state index >= 15 is 0 Å². The lowest BCUT2D eigenvalue weighted by Crippen LogP contribution is -2.34. The van der Waals surface area contributed by atoms with E-state index in [1.807, 2.05) is 49.4 Å². The Morgan fingerprint density at radius 1 is 1.19 bits per heavy atom. The summed E-state index contributed by atoms with van der Waals surface area (Å²) < 4.78 is 5.21. The first kappa shape index (κ1) is 18.0. The molecule has 0 saturated heterocycles. The summed E-state index contributed by atoms with van der Waals surface area (Å²) in [4.78, 5) is 26.0. The number of hydrogen-bond acceptors (Lipinski definition) is 3. The number of carbonyl (C=O) groups excluding carboxylic acids is 2. The molecule has 0 saturated carbocycles. The molecule has 0 bridgehead atoms. The number of nitrogens with one attached hydrogen (secondary N) is 1. The zero-order valence-corrected chi connectivity index (χ0v) is 15.2. The summed E-state index contributed by atoms with van der Waals surface area (Å²) in [6.07, 6.45) is 2.31. The van der Waals surface area contributed by atoms with Gasteiger partial charge in [-0.25, -0.2) is 0 Å². The predicted octanol–water partition coefficient (Wildman–Crippen LogP) is 3.57. The van der Waals surface area contributed by atoms with Gasteiger partial charge in [-0.05, 0) is 61.2 Å². The van der Waals surface area contributed by atoms with Gasteiger partial charge in [0.15, 0.2) is 0 Å². The number of fused-ring (bicyclic) bond motifs is 1. The van der Waals surface area contributed by atoms with Crippen molar-refractivity contribution >= 4 is 23.2 Å². The van der Waals surface area contributed by atoms with E-state index in [4.69, 9.17) is 4.74 Å². The number of aryl methyl sites for hydroxylation is 2. The van der Waals surface area contributed by atoms with Crippen molar-refractivity contribution in [1.29, 1.82) is 0 Å². The molecule has 0 atom stereocenters. The summed E-state index contributed by atoms with van der Waals surface area (Å²) in [5, 5.41) is 2.96. The Balaban J connectivity index is 1.62. The van der Waals surface area contributed by atoms with Gasteiger partial charge < -0.3 is 15.0 Å². The van der Waals surface area contributed by atoms with Crippen molar-refractivity contribution in [1.82, 2.24) is 0 Å². The molecule has 0 spiro atoms. The standard InChI is InChI=1S/C21H24N2O3/c1-3-23-19-10-9-17(14-16(19)8-12-21(23)25)22-20(24)11-7-15-5-4-6-18(13-15)26-2/h4-6,9-10,13-14H,3,7-8,11-12H2,1-2H3,(H,22,24). The Labute approximate surface area is 154 Å². The highest BCUT2D eigenvalue weighted by Gasteiger charge is 2.22. The normalized spacial score (nSPS) is 13.3. The number of rotatable bonds is 6. The molecule has 0 fully saturated rings. The molecule has 1 aliphatic heterocycles. The van der Waals surface area contributed by atoms with E-state index in [0.29, 0.717) is 25.8 Å². The first-order valence-corrected chi connectivity index (χ1v) is 8.96. The third kappa shape index (κ3) is 4.04. The minimum atomic E-state index is -0.0213. The number of methoxy groups -OCH3 is 1. The molecule has 3 rings (SSSR count). The molecule has 0 aliphatic carbocycles. The topological polar surface area (TPSA) is 58.6 Å². The van der Waals surface area contributed by atoms with Gasteiger partial charge in [-0.1, -0.05) is 12.1 Å². The smallest absolute Gasteiger partial charge is 0.227 e. The van der Waals surface area contributed by atoms with Crippen LogP contribution in [-0.2, 0) is 22.4 Å². The van der Waals surface area contributed by atoms with Crippen molar-refractivity contribution in [2.45, 2.75) is 32.6 Å². The molecule has 1 aliphatic rings. The van der Waals surface area contributed by atoms with E-state index in [-0.39, 0.29) is 11.8 Å². The molecule has 2 aromatic carbocycles. The monoisotopic (exact) mass is 352 g/mol. The molecule has 5 heteroatoms. The van der Waals surface area contributed by atoms with Gasteiger partial charge >= 0.3 is 0 Å². The molecule has 136 valence electrons. The summed E-state index contributed by atoms with van der Waals surface area (Å²) in [5.74, 6) is 0.940. The lowest BCUT2D eigenvalue weighted by atomic mass is 10.0. The minimum Gasteiger partial charge on any atom is -0.497 e. The van der Waals surface area contributed by atoms with Crippen LogP contribution in [0.15, 0.2) is 42.5 Å². The molecular formula is C21H24N2O3. The summed E-state index contributed by atoms with van der Waals surface area (Å²) in [5.41, 5.74) is 3.92. The second kappa shape index (κ2) is 8.04. The van der Waals surface area contributed by atoms with Gasteiger partial charge in [0, 0.05) is 30.8 Å². The van der Waals surface area contributed by atoms with Gasteiger partial charge in [-0.2, -0.15) is 0 Å². The van der Waals surface area contributed by atoms with Crippen molar-refractivity contribution in [2.75, 3.05) is 23.9 Å². The lowest BCUT2D eigenvalue weighted by Gasteiger charge is -2.28. The summed E-state index contributed by atoms with van der Waals surface area (Å²) >= 11 is 0. The van der Waals surface area contributed by atoms with Crippen LogP contribution in [0.5, 0.6) is 5.75 Å². The van der Waals surface area contributed by atoms with E-state index in [1.54, 1.807) is 12.0 Å². The van der Waals surface area contributed by atoms with Crippen LogP contribution in [-0.4, -0.2) is 25.5 Å². The number of ether oxygens (including phenoxy) is 1. The first-order chi connectivity index (χ1) is 12.6. The molecule has 26 heavy (non-hydrogen) atoms. The number of benzene rings is 2. The van der Waals surface area contributed by atoms with E-state index in [1.165, 1.54) is 0 Å². The zero-order valence-electron chi connectivity index (χ0n) is 15.2. The van der Waals surface area contributed by atoms with Crippen LogP contribution < -0.4 is 15.0 Å². The van der Waals surface area contributed by atoms with Gasteiger partial charge in [0.1, 0.15) is 5.75 Å². The van der Waals surface area contributed by atoms with Crippen LogP contribution >= 0.6 is 0 Å². The first-order valence-electron chi connectivity index (χ1n) is 8.96. The van der Waals surface area contributed by atoms with Crippen LogP contribution in [0, 0.1) is 0 Å². The number of carbonyl (C=O) groups is 2. The Morgan fingerprint density at radius 2 is 2.04 bits per heavy atom. The maximum Gasteiger partial charge on any atom is 0.227 e. The number of anilines is 2. The number of nitrogens with zero attached hydrogens (tertiary/aromatic N) is 1. The number of amides is 2. The quantitative estimate of drug-likeness (QED) is 0.865. The Hall–Kier alpha value is -2.82. The molecule has 1 N–H and O–H groups in total. The van der Waals surface area contributed by atoms with Crippen molar-refractivity contribution in [3.8, 4) is 5.75 Å². The summed E-state index contributed by atoms with van der Waals surface area (Å²) in [6.45, 7) is 2.64. The fourth-order valence-electron chi connectivity index (χ4n) is 3.29. The van der Waals surface area contributed by atoms with E-state index in [0.717, 1.165) is 34.7 Å². The Bertz CT molecular complexity index is 817. The van der Waals surface area contributed by atoms with Crippen LogP contribution in [0.25, 0.3) is 0 Å². The van der Waals surface area contributed by atoms with Crippen LogP contribution in [0.2, 0.25) is 0 Å². The van der Waals surface area contributed by atoms with Gasteiger partial charge in [-0.3, -0.25) is 9.59 Å². The summed E-state index contributed by atoms with van der Waals surface area (Å²) in [6, 6.07) is 13.5. The third-order valence-electron chi connectivity index (χ3n) is 4.65. The largest absolute Gasteiger partial charge is 0.497 e. The van der Waals surface area contributed by atoms with Crippen LogP contribution in [0.1, 0.15) is 30.9 Å². The molecule has 5 nitrogen and oxygen atoms in total. The van der Waals surface area contributed by atoms with Crippen molar-refractivity contribution < 1.29 is 14.3 Å². The molecule has 2 aromatic rings. The molecule has 0 unspecified atom stereocenters. The van der Waals surface area contributed by atoms with Crippen LogP contribution in [0.3, 0.4) is 0 Å². The minimum absolute atomic E-state index is 0.0213. The molecular weight excluding hydrogens is 328 g/mol. The average Bonchev–Trinajstić information content (AvgIpc) is 2.66. The van der Waals surface area contributed by atoms with Gasteiger partial charge in [0.05, 0.1) is 7.11 Å². The Kier molecular flexibility index (Phi) is 5.56. The maximum atomic E-state index is 12.3. The fraction of sp³-hybridized carbons (Fsp3) is 0.333. The van der Waals surface area contributed by atoms with Gasteiger partial charge in [0.25, 0.3) is 0 Å². The summed E-state index contributed by atoms with van der Waals surface area (Å²) in [7, 11) is 1.63. The van der Waals surface area contributed by atoms with Gasteiger partial charge in [-0.15, -0.1) is 0 Å².